The van der Waals surface area contributed by atoms with Crippen LogP contribution >= 0.6 is 10.0 Å². The maximum Gasteiger partial charge on any atom is 0.174 e. The molecule has 0 N–H and O–H groups in total. The predicted molar refractivity (Wildman–Crippen MR) is 101 cm³/mol. The third kappa shape index (κ3) is 3.89. The monoisotopic (exact) mass is 354 g/mol. The summed E-state index contributed by atoms with van der Waals surface area (Å²) in [4.78, 5) is 13.4. The zero-order valence-corrected chi connectivity index (χ0v) is 16.5. The van der Waals surface area contributed by atoms with Gasteiger partial charge in [0.05, 0.1) is 32.7 Å². The molecule has 24 heavy (non-hydrogen) atoms. The van der Waals surface area contributed by atoms with Gasteiger partial charge < -0.3 is 14.2 Å². The Bertz CT molecular complexity index is 586. The number of carbonyl (C=O) groups excluding carboxylic acids is 1. The normalized spacial score (nSPS) is 20.1. The Morgan fingerprint density at radius 3 is 2.21 bits per heavy atom. The molecule has 1 unspecified atom stereocenters. The highest BCUT2D eigenvalue weighted by atomic mass is 32.3. The van der Waals surface area contributed by atoms with Crippen LogP contribution < -0.4 is 9.47 Å². The largest absolute Gasteiger partial charge is 0.493 e. The van der Waals surface area contributed by atoms with Crippen LogP contribution in [0, 0.1) is 5.41 Å². The minimum Gasteiger partial charge on any atom is -0.493 e. The Kier molecular flexibility index (Phi) is 5.87. The lowest BCUT2D eigenvalue weighted by molar-refractivity contribution is 0.0945. The molecule has 1 saturated heterocycles. The number of Topliss-reactive ketones (excluding diaryl/α,β-unsaturated/α-hetero) is 1. The fourth-order valence-electron chi connectivity index (χ4n) is 3.58. The minimum atomic E-state index is -1.07. The van der Waals surface area contributed by atoms with E-state index < -0.39 is 10.0 Å². The molecule has 1 aliphatic heterocycles. The zero-order chi connectivity index (χ0) is 18.0. The molecule has 0 radical (unpaired) electrons. The summed E-state index contributed by atoms with van der Waals surface area (Å²) in [6.07, 6.45) is 2.31. The Morgan fingerprint density at radius 1 is 1.12 bits per heavy atom. The summed E-state index contributed by atoms with van der Waals surface area (Å²) in [5, 5.41) is 0.00648. The van der Waals surface area contributed by atoms with Gasteiger partial charge in [-0.2, -0.15) is 0 Å². The van der Waals surface area contributed by atoms with Crippen molar-refractivity contribution in [3.05, 3.63) is 23.8 Å². The van der Waals surface area contributed by atoms with Crippen molar-refractivity contribution < 1.29 is 19.0 Å². The highest BCUT2D eigenvalue weighted by Gasteiger charge is 2.43. The van der Waals surface area contributed by atoms with Gasteiger partial charge in [0.2, 0.25) is 0 Å². The molecule has 0 bridgehead atoms. The van der Waals surface area contributed by atoms with Crippen LogP contribution in [0.15, 0.2) is 18.2 Å². The van der Waals surface area contributed by atoms with Gasteiger partial charge in [0.15, 0.2) is 17.3 Å². The molecule has 2 rings (SSSR count). The molecule has 1 atom stereocenters. The number of benzene rings is 1. The lowest BCUT2D eigenvalue weighted by Crippen LogP contribution is -2.44. The Balaban J connectivity index is 2.42. The first-order valence-corrected chi connectivity index (χ1v) is 10.7. The van der Waals surface area contributed by atoms with Gasteiger partial charge in [-0.25, -0.2) is 10.0 Å². The molecule has 0 amide bonds. The van der Waals surface area contributed by atoms with Crippen LogP contribution in [0.4, 0.5) is 0 Å². The molecule has 4 nitrogen and oxygen atoms in total. The molecule has 1 aliphatic rings. The standard InChI is InChI=1S/C19H30O4S/c1-19(2,3)18(24(6)11-9-23-10-12-24)17(20)14-7-8-15(21-4)16(13-14)22-5/h7-8,13,18H,9-12H2,1-6H3. The van der Waals surface area contributed by atoms with E-state index in [1.165, 1.54) is 0 Å². The fourth-order valence-corrected chi connectivity index (χ4v) is 7.62. The molecule has 1 aromatic carbocycles. The average molecular weight is 355 g/mol. The summed E-state index contributed by atoms with van der Waals surface area (Å²) in [6, 6.07) is 5.47. The van der Waals surface area contributed by atoms with E-state index in [-0.39, 0.29) is 16.4 Å². The van der Waals surface area contributed by atoms with Gasteiger partial charge in [-0.15, -0.1) is 0 Å². The quantitative estimate of drug-likeness (QED) is 0.755. The predicted octanol–water partition coefficient (Wildman–Crippen LogP) is 3.77. The summed E-state index contributed by atoms with van der Waals surface area (Å²) >= 11 is 0. The highest BCUT2D eigenvalue weighted by molar-refractivity contribution is 8.34. The number of rotatable bonds is 5. The van der Waals surface area contributed by atoms with E-state index in [1.807, 2.05) is 18.2 Å². The zero-order valence-electron chi connectivity index (χ0n) is 15.7. The van der Waals surface area contributed by atoms with Gasteiger partial charge in [-0.05, 0) is 29.9 Å². The molecule has 1 heterocycles. The second-order valence-electron chi connectivity index (χ2n) is 7.55. The third-order valence-corrected chi connectivity index (χ3v) is 8.91. The molecular formula is C19H30O4S. The van der Waals surface area contributed by atoms with Crippen molar-refractivity contribution in [2.24, 2.45) is 5.41 Å². The number of carbonyl (C=O) groups is 1. The smallest absolute Gasteiger partial charge is 0.174 e. The fraction of sp³-hybridized carbons (Fsp3) is 0.632. The van der Waals surface area contributed by atoms with Crippen LogP contribution in [-0.2, 0) is 4.74 Å². The van der Waals surface area contributed by atoms with Crippen LogP contribution in [0.2, 0.25) is 0 Å². The first kappa shape index (κ1) is 19.1. The Morgan fingerprint density at radius 2 is 1.71 bits per heavy atom. The van der Waals surface area contributed by atoms with Gasteiger partial charge in [-0.1, -0.05) is 20.8 Å². The van der Waals surface area contributed by atoms with E-state index in [0.29, 0.717) is 17.1 Å². The third-order valence-electron chi connectivity index (χ3n) is 4.65. The van der Waals surface area contributed by atoms with Crippen molar-refractivity contribution in [1.82, 2.24) is 0 Å². The summed E-state index contributed by atoms with van der Waals surface area (Å²) in [7, 11) is 2.13. The van der Waals surface area contributed by atoms with E-state index in [2.05, 4.69) is 27.0 Å². The van der Waals surface area contributed by atoms with Gasteiger partial charge in [0.1, 0.15) is 0 Å². The number of ketones is 1. The summed E-state index contributed by atoms with van der Waals surface area (Å²) in [5.41, 5.74) is 0.610. The first-order chi connectivity index (χ1) is 11.2. The Labute approximate surface area is 147 Å². The molecule has 0 spiro atoms. The SMILES string of the molecule is COc1ccc(C(=O)C(C(C)(C)C)S2(C)CCOCC2)cc1OC. The van der Waals surface area contributed by atoms with E-state index in [4.69, 9.17) is 14.2 Å². The van der Waals surface area contributed by atoms with Crippen LogP contribution in [-0.4, -0.2) is 56.2 Å². The van der Waals surface area contributed by atoms with Crippen LogP contribution in [0.25, 0.3) is 0 Å². The first-order valence-electron chi connectivity index (χ1n) is 8.29. The Hall–Kier alpha value is -1.20. The van der Waals surface area contributed by atoms with Gasteiger partial charge in [0.25, 0.3) is 0 Å². The van der Waals surface area contributed by atoms with Crippen molar-refractivity contribution in [3.8, 4) is 11.5 Å². The average Bonchev–Trinajstić information content (AvgIpc) is 2.53. The number of ether oxygens (including phenoxy) is 3. The van der Waals surface area contributed by atoms with Crippen LogP contribution in [0.1, 0.15) is 31.1 Å². The van der Waals surface area contributed by atoms with Gasteiger partial charge in [0, 0.05) is 17.1 Å². The second kappa shape index (κ2) is 7.36. The molecule has 136 valence electrons. The number of hydrogen-bond acceptors (Lipinski definition) is 4. The van der Waals surface area contributed by atoms with Crippen molar-refractivity contribution >= 4 is 15.8 Å². The molecular weight excluding hydrogens is 324 g/mol. The van der Waals surface area contributed by atoms with Crippen molar-refractivity contribution in [2.45, 2.75) is 26.0 Å². The van der Waals surface area contributed by atoms with Crippen molar-refractivity contribution in [2.75, 3.05) is 45.2 Å². The molecule has 0 aliphatic carbocycles. The van der Waals surface area contributed by atoms with E-state index in [1.54, 1.807) is 14.2 Å². The summed E-state index contributed by atoms with van der Waals surface area (Å²) in [6.45, 7) is 8.04. The highest BCUT2D eigenvalue weighted by Crippen LogP contribution is 2.57. The molecule has 1 aromatic rings. The summed E-state index contributed by atoms with van der Waals surface area (Å²) in [5.74, 6) is 3.44. The van der Waals surface area contributed by atoms with Gasteiger partial charge >= 0.3 is 0 Å². The van der Waals surface area contributed by atoms with Crippen LogP contribution in [0.5, 0.6) is 11.5 Å². The van der Waals surface area contributed by atoms with E-state index in [9.17, 15) is 4.79 Å². The maximum atomic E-state index is 13.4. The number of hydrogen-bond donors (Lipinski definition) is 0. The minimum absolute atomic E-state index is 0.00648. The molecule has 1 fully saturated rings. The molecule has 0 saturated carbocycles. The molecule has 5 heteroatoms. The topological polar surface area (TPSA) is 44.8 Å². The van der Waals surface area contributed by atoms with Crippen molar-refractivity contribution in [3.63, 3.8) is 0 Å². The molecule has 0 aromatic heterocycles. The van der Waals surface area contributed by atoms with E-state index >= 15 is 0 Å². The lowest BCUT2D eigenvalue weighted by Gasteiger charge is -2.50. The summed E-state index contributed by atoms with van der Waals surface area (Å²) < 4.78 is 16.2. The van der Waals surface area contributed by atoms with Crippen LogP contribution in [0.3, 0.4) is 0 Å². The second-order valence-corrected chi connectivity index (χ2v) is 11.5. The van der Waals surface area contributed by atoms with Gasteiger partial charge in [-0.3, -0.25) is 4.79 Å². The van der Waals surface area contributed by atoms with Crippen molar-refractivity contribution in [1.29, 1.82) is 0 Å². The maximum absolute atomic E-state index is 13.4. The van der Waals surface area contributed by atoms with E-state index in [0.717, 1.165) is 24.7 Å². The lowest BCUT2D eigenvalue weighted by atomic mass is 9.87. The number of methoxy groups -OCH3 is 2.